The van der Waals surface area contributed by atoms with Crippen molar-refractivity contribution in [3.8, 4) is 0 Å². The number of hydrogen-bond donors (Lipinski definition) is 0. The van der Waals surface area contributed by atoms with Gasteiger partial charge in [0, 0.05) is 15.6 Å². The predicted molar refractivity (Wildman–Crippen MR) is 54.0 cm³/mol. The molecule has 0 aromatic heterocycles. The Morgan fingerprint density at radius 1 is 1.20 bits per heavy atom. The van der Waals surface area contributed by atoms with Crippen molar-refractivity contribution >= 4 is 5.71 Å². The minimum absolute atomic E-state index is 0. The zero-order valence-corrected chi connectivity index (χ0v) is 8.02. The van der Waals surface area contributed by atoms with Crippen molar-refractivity contribution in [3.05, 3.63) is 11.6 Å². The molecule has 0 N–H and O–H groups in total. The van der Waals surface area contributed by atoms with Crippen molar-refractivity contribution in [2.75, 3.05) is 7.05 Å². The van der Waals surface area contributed by atoms with Gasteiger partial charge in [0.15, 0.2) is 0 Å². The van der Waals surface area contributed by atoms with Gasteiger partial charge in [-0.25, -0.2) is 0 Å². The van der Waals surface area contributed by atoms with Gasteiger partial charge in [-0.2, -0.15) is 0 Å². The van der Waals surface area contributed by atoms with Crippen molar-refractivity contribution in [2.45, 2.75) is 34.6 Å². The standard InChI is InChI=1S/C7H13N.C2H6.2H2/c1-6(2)5-7(3)8-4;1-2;;/h5H,1-4H3;1-2H3;2*1H. The third-order valence-electron chi connectivity index (χ3n) is 0.850. The normalized spacial score (nSPS) is 9.60. The van der Waals surface area contributed by atoms with Crippen molar-refractivity contribution in [3.63, 3.8) is 0 Å². The largest absolute Gasteiger partial charge is 0.293 e. The van der Waals surface area contributed by atoms with Crippen LogP contribution in [0.4, 0.5) is 0 Å². The summed E-state index contributed by atoms with van der Waals surface area (Å²) in [5, 5.41) is 0. The van der Waals surface area contributed by atoms with E-state index in [1.807, 2.05) is 20.8 Å². The number of nitrogens with zero attached hydrogens (tertiary/aromatic N) is 1. The SMILES string of the molecule is CC.CN=C(C)C=C(C)C.[HH].[HH]. The summed E-state index contributed by atoms with van der Waals surface area (Å²) in [5.74, 6) is 0. The Balaban J connectivity index is -0.0000000740. The lowest BCUT2D eigenvalue weighted by Crippen LogP contribution is -1.83. The molecular formula is C9H23N. The first-order chi connectivity index (χ1) is 4.66. The van der Waals surface area contributed by atoms with Gasteiger partial charge in [0.1, 0.15) is 0 Å². The van der Waals surface area contributed by atoms with E-state index in [2.05, 4.69) is 24.9 Å². The van der Waals surface area contributed by atoms with Crippen LogP contribution in [0.25, 0.3) is 0 Å². The number of aliphatic imine (C=N–C) groups is 1. The van der Waals surface area contributed by atoms with Gasteiger partial charge in [0.05, 0.1) is 0 Å². The van der Waals surface area contributed by atoms with E-state index in [0.29, 0.717) is 0 Å². The highest BCUT2D eigenvalue weighted by Crippen LogP contribution is 1.88. The average Bonchev–Trinajstić information content (AvgIpc) is 1.91. The third-order valence-corrected chi connectivity index (χ3v) is 0.850. The molecule has 0 atom stereocenters. The molecule has 0 rings (SSSR count). The molecule has 1 nitrogen and oxygen atoms in total. The van der Waals surface area contributed by atoms with Gasteiger partial charge in [-0.05, 0) is 26.8 Å². The number of rotatable bonds is 1. The summed E-state index contributed by atoms with van der Waals surface area (Å²) in [7, 11) is 1.80. The van der Waals surface area contributed by atoms with Crippen molar-refractivity contribution in [1.82, 2.24) is 0 Å². The Labute approximate surface area is 67.8 Å². The van der Waals surface area contributed by atoms with Crippen LogP contribution < -0.4 is 0 Å². The fourth-order valence-electron chi connectivity index (χ4n) is 0.482. The fourth-order valence-corrected chi connectivity index (χ4v) is 0.482. The highest BCUT2D eigenvalue weighted by molar-refractivity contribution is 5.93. The molecule has 0 spiro atoms. The molecule has 0 heterocycles. The molecule has 0 aromatic carbocycles. The van der Waals surface area contributed by atoms with E-state index in [0.717, 1.165) is 5.71 Å². The van der Waals surface area contributed by atoms with Crippen molar-refractivity contribution in [1.29, 1.82) is 0 Å². The van der Waals surface area contributed by atoms with E-state index in [1.54, 1.807) is 7.05 Å². The molecule has 0 aliphatic heterocycles. The third kappa shape index (κ3) is 10.4. The molecule has 0 saturated carbocycles. The van der Waals surface area contributed by atoms with Gasteiger partial charge in [0.25, 0.3) is 0 Å². The molecule has 0 aromatic rings. The molecule has 0 radical (unpaired) electrons. The molecule has 1 heteroatoms. The van der Waals surface area contributed by atoms with Crippen LogP contribution in [0.5, 0.6) is 0 Å². The zero-order chi connectivity index (χ0) is 8.57. The Morgan fingerprint density at radius 3 is 1.70 bits per heavy atom. The van der Waals surface area contributed by atoms with Crippen molar-refractivity contribution < 1.29 is 2.85 Å². The monoisotopic (exact) mass is 145 g/mol. The molecule has 0 fully saturated rings. The first kappa shape index (κ1) is 12.1. The van der Waals surface area contributed by atoms with Crippen molar-refractivity contribution in [2.24, 2.45) is 4.99 Å². The molecular weight excluding hydrogens is 122 g/mol. The second-order valence-corrected chi connectivity index (χ2v) is 2.09. The summed E-state index contributed by atoms with van der Waals surface area (Å²) < 4.78 is 0. The number of allylic oxidation sites excluding steroid dienone is 2. The van der Waals surface area contributed by atoms with Gasteiger partial charge in [-0.1, -0.05) is 19.4 Å². The topological polar surface area (TPSA) is 12.4 Å². The summed E-state index contributed by atoms with van der Waals surface area (Å²) in [4.78, 5) is 3.97. The van der Waals surface area contributed by atoms with E-state index in [9.17, 15) is 0 Å². The van der Waals surface area contributed by atoms with Crippen LogP contribution in [0.3, 0.4) is 0 Å². The molecule has 0 amide bonds. The summed E-state index contributed by atoms with van der Waals surface area (Å²) in [5.41, 5.74) is 2.39. The van der Waals surface area contributed by atoms with Crippen LogP contribution in [-0.4, -0.2) is 12.8 Å². The Morgan fingerprint density at radius 2 is 1.60 bits per heavy atom. The summed E-state index contributed by atoms with van der Waals surface area (Å²) in [6.45, 7) is 10.1. The van der Waals surface area contributed by atoms with E-state index in [4.69, 9.17) is 0 Å². The van der Waals surface area contributed by atoms with Gasteiger partial charge in [-0.15, -0.1) is 0 Å². The molecule has 0 aliphatic rings. The van der Waals surface area contributed by atoms with E-state index in [1.165, 1.54) is 5.57 Å². The molecule has 64 valence electrons. The molecule has 0 saturated heterocycles. The van der Waals surface area contributed by atoms with Gasteiger partial charge < -0.3 is 0 Å². The molecule has 10 heavy (non-hydrogen) atoms. The van der Waals surface area contributed by atoms with Crippen LogP contribution in [0.1, 0.15) is 37.5 Å². The zero-order valence-electron chi connectivity index (χ0n) is 8.02. The fraction of sp³-hybridized carbons (Fsp3) is 0.667. The van der Waals surface area contributed by atoms with E-state index < -0.39 is 0 Å². The first-order valence-corrected chi connectivity index (χ1v) is 3.75. The maximum Gasteiger partial charge on any atom is 0.0313 e. The summed E-state index contributed by atoms with van der Waals surface area (Å²) in [6, 6.07) is 0. The minimum atomic E-state index is 0. The second-order valence-electron chi connectivity index (χ2n) is 2.09. The van der Waals surface area contributed by atoms with Crippen LogP contribution in [0, 0.1) is 0 Å². The smallest absolute Gasteiger partial charge is 0.0313 e. The predicted octanol–water partition coefficient (Wildman–Crippen LogP) is 3.56. The highest BCUT2D eigenvalue weighted by Gasteiger charge is 1.78. The lowest BCUT2D eigenvalue weighted by Gasteiger charge is -1.87. The van der Waals surface area contributed by atoms with Gasteiger partial charge in [0.2, 0.25) is 0 Å². The Hall–Kier alpha value is -0.590. The van der Waals surface area contributed by atoms with Crippen LogP contribution in [0.2, 0.25) is 0 Å². The molecule has 0 bridgehead atoms. The summed E-state index contributed by atoms with van der Waals surface area (Å²) >= 11 is 0. The lowest BCUT2D eigenvalue weighted by atomic mass is 10.3. The van der Waals surface area contributed by atoms with Crippen LogP contribution in [0.15, 0.2) is 16.6 Å². The average molecular weight is 145 g/mol. The first-order valence-electron chi connectivity index (χ1n) is 3.75. The highest BCUT2D eigenvalue weighted by atomic mass is 14.7. The Kier molecular flexibility index (Phi) is 10.2. The van der Waals surface area contributed by atoms with Gasteiger partial charge in [-0.3, -0.25) is 4.99 Å². The van der Waals surface area contributed by atoms with Crippen LogP contribution >= 0.6 is 0 Å². The maximum absolute atomic E-state index is 3.97. The quantitative estimate of drug-likeness (QED) is 0.500. The van der Waals surface area contributed by atoms with Crippen LogP contribution in [-0.2, 0) is 0 Å². The summed E-state index contributed by atoms with van der Waals surface area (Å²) in [6.07, 6.45) is 2.06. The Bertz CT molecular complexity index is 124. The molecule has 0 aliphatic carbocycles. The molecule has 0 unspecified atom stereocenters. The van der Waals surface area contributed by atoms with E-state index in [-0.39, 0.29) is 2.85 Å². The maximum atomic E-state index is 3.97. The van der Waals surface area contributed by atoms with Gasteiger partial charge >= 0.3 is 0 Å². The lowest BCUT2D eigenvalue weighted by molar-refractivity contribution is 1.37. The minimum Gasteiger partial charge on any atom is -0.293 e. The second kappa shape index (κ2) is 8.41. The van der Waals surface area contributed by atoms with E-state index >= 15 is 0 Å². The number of hydrogen-bond acceptors (Lipinski definition) is 1.